The van der Waals surface area contributed by atoms with Gasteiger partial charge in [0.05, 0.1) is 0 Å². The molecule has 2 N–H and O–H groups in total. The minimum atomic E-state index is -0.206. The number of benzene rings is 1. The van der Waals surface area contributed by atoms with E-state index in [-0.39, 0.29) is 12.7 Å². The molecule has 0 fully saturated rings. The molecule has 2 aromatic rings. The van der Waals surface area contributed by atoms with Gasteiger partial charge in [-0.05, 0) is 30.7 Å². The Balaban J connectivity index is 1.64. The fourth-order valence-electron chi connectivity index (χ4n) is 1.86. The Kier molecular flexibility index (Phi) is 2.83. The van der Waals surface area contributed by atoms with Gasteiger partial charge in [-0.15, -0.1) is 0 Å². The van der Waals surface area contributed by atoms with Crippen LogP contribution >= 0.6 is 0 Å². The summed E-state index contributed by atoms with van der Waals surface area (Å²) < 4.78 is 10.5. The van der Waals surface area contributed by atoms with Crippen LogP contribution in [0, 0.1) is 6.92 Å². The SMILES string of the molecule is Cc1cc(C(=O)NCc2ccc3c(c2)OCO3)n[nH]1. The monoisotopic (exact) mass is 259 g/mol. The van der Waals surface area contributed by atoms with E-state index in [0.717, 1.165) is 17.0 Å². The van der Waals surface area contributed by atoms with Crippen molar-refractivity contribution in [1.29, 1.82) is 0 Å². The zero-order valence-corrected chi connectivity index (χ0v) is 10.4. The zero-order chi connectivity index (χ0) is 13.2. The number of aromatic amines is 1. The second kappa shape index (κ2) is 4.64. The van der Waals surface area contributed by atoms with Crippen LogP contribution in [0.1, 0.15) is 21.7 Å². The van der Waals surface area contributed by atoms with E-state index in [1.54, 1.807) is 6.07 Å². The summed E-state index contributed by atoms with van der Waals surface area (Å²) in [5.74, 6) is 1.24. The number of rotatable bonds is 3. The molecule has 2 heterocycles. The van der Waals surface area contributed by atoms with Crippen molar-refractivity contribution >= 4 is 5.91 Å². The third-order valence-electron chi connectivity index (χ3n) is 2.83. The number of carbonyl (C=O) groups is 1. The van der Waals surface area contributed by atoms with E-state index in [1.807, 2.05) is 25.1 Å². The summed E-state index contributed by atoms with van der Waals surface area (Å²) in [6.45, 7) is 2.51. The number of fused-ring (bicyclic) bond motifs is 1. The van der Waals surface area contributed by atoms with Crippen LogP contribution in [-0.4, -0.2) is 22.9 Å². The first-order valence-corrected chi connectivity index (χ1v) is 5.91. The van der Waals surface area contributed by atoms with Gasteiger partial charge in [-0.25, -0.2) is 0 Å². The van der Waals surface area contributed by atoms with Crippen LogP contribution in [-0.2, 0) is 6.54 Å². The Bertz CT molecular complexity index is 621. The number of H-pyrrole nitrogens is 1. The number of carbonyl (C=O) groups excluding carboxylic acids is 1. The molecule has 0 unspecified atom stereocenters. The quantitative estimate of drug-likeness (QED) is 0.873. The molecule has 0 saturated heterocycles. The predicted molar refractivity (Wildman–Crippen MR) is 67.1 cm³/mol. The molecular formula is C13H13N3O3. The van der Waals surface area contributed by atoms with Gasteiger partial charge in [-0.3, -0.25) is 9.89 Å². The van der Waals surface area contributed by atoms with Crippen LogP contribution in [0.25, 0.3) is 0 Å². The Morgan fingerprint density at radius 2 is 2.21 bits per heavy atom. The van der Waals surface area contributed by atoms with Gasteiger partial charge in [-0.2, -0.15) is 5.10 Å². The maximum Gasteiger partial charge on any atom is 0.272 e. The smallest absolute Gasteiger partial charge is 0.272 e. The second-order valence-corrected chi connectivity index (χ2v) is 4.31. The molecule has 3 rings (SSSR count). The van der Waals surface area contributed by atoms with Gasteiger partial charge in [-0.1, -0.05) is 6.07 Å². The molecule has 0 spiro atoms. The molecule has 0 radical (unpaired) electrons. The van der Waals surface area contributed by atoms with E-state index in [4.69, 9.17) is 9.47 Å². The molecule has 0 bridgehead atoms. The highest BCUT2D eigenvalue weighted by atomic mass is 16.7. The van der Waals surface area contributed by atoms with Crippen molar-refractivity contribution < 1.29 is 14.3 Å². The van der Waals surface area contributed by atoms with E-state index in [1.165, 1.54) is 0 Å². The third kappa shape index (κ3) is 2.37. The van der Waals surface area contributed by atoms with Gasteiger partial charge in [0, 0.05) is 12.2 Å². The summed E-state index contributed by atoms with van der Waals surface area (Å²) in [6.07, 6.45) is 0. The normalized spacial score (nSPS) is 12.5. The van der Waals surface area contributed by atoms with Gasteiger partial charge in [0.25, 0.3) is 5.91 Å². The van der Waals surface area contributed by atoms with Crippen molar-refractivity contribution in [3.05, 3.63) is 41.2 Å². The fraction of sp³-hybridized carbons (Fsp3) is 0.231. The number of nitrogens with one attached hydrogen (secondary N) is 2. The molecule has 1 aromatic heterocycles. The Labute approximate surface area is 109 Å². The Morgan fingerprint density at radius 1 is 1.37 bits per heavy atom. The van der Waals surface area contributed by atoms with Gasteiger partial charge >= 0.3 is 0 Å². The van der Waals surface area contributed by atoms with Crippen molar-refractivity contribution in [3.63, 3.8) is 0 Å². The van der Waals surface area contributed by atoms with Crippen LogP contribution in [0.15, 0.2) is 24.3 Å². The van der Waals surface area contributed by atoms with Gasteiger partial charge < -0.3 is 14.8 Å². The van der Waals surface area contributed by atoms with Crippen molar-refractivity contribution in [2.75, 3.05) is 6.79 Å². The number of ether oxygens (including phenoxy) is 2. The molecule has 98 valence electrons. The largest absolute Gasteiger partial charge is 0.454 e. The fourth-order valence-corrected chi connectivity index (χ4v) is 1.86. The number of hydrogen-bond donors (Lipinski definition) is 2. The summed E-state index contributed by atoms with van der Waals surface area (Å²) in [7, 11) is 0. The summed E-state index contributed by atoms with van der Waals surface area (Å²) in [5, 5.41) is 9.44. The van der Waals surface area contributed by atoms with Crippen LogP contribution < -0.4 is 14.8 Å². The first kappa shape index (κ1) is 11.6. The molecule has 1 aromatic carbocycles. The third-order valence-corrected chi connectivity index (χ3v) is 2.83. The molecule has 6 nitrogen and oxygen atoms in total. The lowest BCUT2D eigenvalue weighted by molar-refractivity contribution is 0.0946. The predicted octanol–water partition coefficient (Wildman–Crippen LogP) is 1.38. The average molecular weight is 259 g/mol. The van der Waals surface area contributed by atoms with Crippen LogP contribution in [0.4, 0.5) is 0 Å². The first-order chi connectivity index (χ1) is 9.22. The number of amides is 1. The summed E-state index contributed by atoms with van der Waals surface area (Å²) >= 11 is 0. The van der Waals surface area contributed by atoms with E-state index >= 15 is 0 Å². The topological polar surface area (TPSA) is 76.2 Å². The van der Waals surface area contributed by atoms with Crippen molar-refractivity contribution in [2.45, 2.75) is 13.5 Å². The number of nitrogens with zero attached hydrogens (tertiary/aromatic N) is 1. The maximum atomic E-state index is 11.8. The molecule has 1 aliphatic rings. The number of hydrogen-bond acceptors (Lipinski definition) is 4. The summed E-state index contributed by atoms with van der Waals surface area (Å²) in [5.41, 5.74) is 2.19. The standard InChI is InChI=1S/C13H13N3O3/c1-8-4-10(16-15-8)13(17)14-6-9-2-3-11-12(5-9)19-7-18-11/h2-5H,6-7H2,1H3,(H,14,17)(H,15,16). The van der Waals surface area contributed by atoms with Gasteiger partial charge in [0.2, 0.25) is 6.79 Å². The summed E-state index contributed by atoms with van der Waals surface area (Å²) in [4.78, 5) is 11.8. The highest BCUT2D eigenvalue weighted by Gasteiger charge is 2.14. The Morgan fingerprint density at radius 3 is 3.00 bits per heavy atom. The summed E-state index contributed by atoms with van der Waals surface area (Å²) in [6, 6.07) is 7.29. The zero-order valence-electron chi connectivity index (χ0n) is 10.4. The lowest BCUT2D eigenvalue weighted by atomic mass is 10.2. The van der Waals surface area contributed by atoms with E-state index < -0.39 is 0 Å². The number of aromatic nitrogens is 2. The van der Waals surface area contributed by atoms with Gasteiger partial charge in [0.1, 0.15) is 5.69 Å². The number of aryl methyl sites for hydroxylation is 1. The molecule has 6 heteroatoms. The molecule has 0 saturated carbocycles. The molecule has 19 heavy (non-hydrogen) atoms. The van der Waals surface area contributed by atoms with Crippen molar-refractivity contribution in [1.82, 2.24) is 15.5 Å². The first-order valence-electron chi connectivity index (χ1n) is 5.91. The average Bonchev–Trinajstić information content (AvgIpc) is 3.03. The molecule has 1 aliphatic heterocycles. The van der Waals surface area contributed by atoms with Crippen LogP contribution in [0.3, 0.4) is 0 Å². The Hall–Kier alpha value is -2.50. The van der Waals surface area contributed by atoms with Crippen molar-refractivity contribution in [3.8, 4) is 11.5 Å². The van der Waals surface area contributed by atoms with Gasteiger partial charge in [0.15, 0.2) is 11.5 Å². The minimum absolute atomic E-state index is 0.206. The molecular weight excluding hydrogens is 246 g/mol. The van der Waals surface area contributed by atoms with Crippen LogP contribution in [0.2, 0.25) is 0 Å². The van der Waals surface area contributed by atoms with E-state index in [0.29, 0.717) is 18.0 Å². The second-order valence-electron chi connectivity index (χ2n) is 4.31. The maximum absolute atomic E-state index is 11.8. The molecule has 1 amide bonds. The molecule has 0 atom stereocenters. The van der Waals surface area contributed by atoms with Crippen molar-refractivity contribution in [2.24, 2.45) is 0 Å². The lowest BCUT2D eigenvalue weighted by Gasteiger charge is -2.04. The highest BCUT2D eigenvalue weighted by Crippen LogP contribution is 2.32. The lowest BCUT2D eigenvalue weighted by Crippen LogP contribution is -2.23. The van der Waals surface area contributed by atoms with E-state index in [9.17, 15) is 4.79 Å². The van der Waals surface area contributed by atoms with E-state index in [2.05, 4.69) is 15.5 Å². The van der Waals surface area contributed by atoms with Crippen LogP contribution in [0.5, 0.6) is 11.5 Å². The minimum Gasteiger partial charge on any atom is -0.454 e. The highest BCUT2D eigenvalue weighted by molar-refractivity contribution is 5.92. The molecule has 0 aliphatic carbocycles.